The Morgan fingerprint density at radius 3 is 2.47 bits per heavy atom. The minimum absolute atomic E-state index is 0.0293. The van der Waals surface area contributed by atoms with Crippen molar-refractivity contribution in [3.8, 4) is 16.8 Å². The molecule has 0 aliphatic heterocycles. The maximum absolute atomic E-state index is 13.3. The number of aromatic nitrogens is 4. The van der Waals surface area contributed by atoms with Crippen LogP contribution in [0.2, 0.25) is 5.02 Å². The van der Waals surface area contributed by atoms with Crippen LogP contribution >= 0.6 is 11.6 Å². The Morgan fingerprint density at radius 1 is 1.07 bits per heavy atom. The highest BCUT2D eigenvalue weighted by Crippen LogP contribution is 2.47. The zero-order valence-electron chi connectivity index (χ0n) is 17.3. The van der Waals surface area contributed by atoms with Crippen LogP contribution in [0.4, 0.5) is 0 Å². The minimum Gasteiger partial charge on any atom is -0.294 e. The van der Waals surface area contributed by atoms with Gasteiger partial charge in [-0.2, -0.15) is 4.68 Å². The summed E-state index contributed by atoms with van der Waals surface area (Å²) in [4.78, 5) is 13.3. The highest BCUT2D eigenvalue weighted by molar-refractivity contribution is 6.30. The standard InChI is InChI=1S/C24H25ClN4O/c1-24(2,19-7-8-19)14-22(30)18-11-17(15-5-9-20(25)10-6-15)12-21(13-18)29-23(16-3-4-16)26-27-28-29/h5-6,9-13,16,19H,3-4,7-8,14H2,1-2H3. The van der Waals surface area contributed by atoms with Crippen molar-refractivity contribution in [1.29, 1.82) is 0 Å². The second-order valence-corrected chi connectivity index (χ2v) is 9.80. The van der Waals surface area contributed by atoms with Crippen LogP contribution in [0.5, 0.6) is 0 Å². The number of halogens is 1. The van der Waals surface area contributed by atoms with Crippen LogP contribution in [0.15, 0.2) is 42.5 Å². The van der Waals surface area contributed by atoms with Crippen molar-refractivity contribution in [1.82, 2.24) is 20.2 Å². The van der Waals surface area contributed by atoms with Crippen molar-refractivity contribution in [3.63, 3.8) is 0 Å². The molecule has 2 fully saturated rings. The molecule has 0 spiro atoms. The van der Waals surface area contributed by atoms with Crippen LogP contribution in [-0.2, 0) is 0 Å². The van der Waals surface area contributed by atoms with Gasteiger partial charge in [-0.25, -0.2) is 0 Å². The van der Waals surface area contributed by atoms with Crippen LogP contribution in [0, 0.1) is 11.3 Å². The van der Waals surface area contributed by atoms with E-state index in [1.807, 2.05) is 42.5 Å². The average molecular weight is 421 g/mol. The van der Waals surface area contributed by atoms with E-state index in [-0.39, 0.29) is 11.2 Å². The van der Waals surface area contributed by atoms with Crippen LogP contribution in [0.25, 0.3) is 16.8 Å². The number of tetrazole rings is 1. The molecule has 154 valence electrons. The molecule has 0 amide bonds. The second-order valence-electron chi connectivity index (χ2n) is 9.36. The Bertz CT molecular complexity index is 1090. The summed E-state index contributed by atoms with van der Waals surface area (Å²) in [6.07, 6.45) is 5.22. The number of carbonyl (C=O) groups excluding carboxylic acids is 1. The fourth-order valence-electron chi connectivity index (χ4n) is 4.20. The number of ketones is 1. The molecule has 2 aromatic carbocycles. The molecule has 2 saturated carbocycles. The predicted octanol–water partition coefficient (Wildman–Crippen LogP) is 5.87. The van der Waals surface area contributed by atoms with Gasteiger partial charge in [0.15, 0.2) is 11.6 Å². The lowest BCUT2D eigenvalue weighted by molar-refractivity contribution is 0.0917. The molecule has 3 aromatic rings. The van der Waals surface area contributed by atoms with Gasteiger partial charge in [0.05, 0.1) is 5.69 Å². The van der Waals surface area contributed by atoms with Crippen LogP contribution in [0.3, 0.4) is 0 Å². The third-order valence-electron chi connectivity index (χ3n) is 6.40. The third kappa shape index (κ3) is 3.91. The molecule has 0 radical (unpaired) electrons. The lowest BCUT2D eigenvalue weighted by Crippen LogP contribution is -2.19. The van der Waals surface area contributed by atoms with Gasteiger partial charge in [0.2, 0.25) is 0 Å². The van der Waals surface area contributed by atoms with Gasteiger partial charge >= 0.3 is 0 Å². The van der Waals surface area contributed by atoms with E-state index < -0.39 is 0 Å². The smallest absolute Gasteiger partial charge is 0.163 e. The number of rotatable bonds is 7. The molecular weight excluding hydrogens is 396 g/mol. The molecule has 0 saturated heterocycles. The van der Waals surface area contributed by atoms with E-state index in [4.69, 9.17) is 11.6 Å². The Labute approximate surface area is 181 Å². The molecule has 6 heteroatoms. The molecule has 1 heterocycles. The van der Waals surface area contributed by atoms with E-state index in [1.54, 1.807) is 4.68 Å². The fourth-order valence-corrected chi connectivity index (χ4v) is 4.33. The predicted molar refractivity (Wildman–Crippen MR) is 117 cm³/mol. The average Bonchev–Trinajstić information content (AvgIpc) is 3.66. The van der Waals surface area contributed by atoms with Gasteiger partial charge in [-0.15, -0.1) is 5.10 Å². The summed E-state index contributed by atoms with van der Waals surface area (Å²) in [6, 6.07) is 13.7. The first-order valence-electron chi connectivity index (χ1n) is 10.6. The Balaban J connectivity index is 1.57. The summed E-state index contributed by atoms with van der Waals surface area (Å²) >= 11 is 6.08. The Morgan fingerprint density at radius 2 is 1.80 bits per heavy atom. The largest absolute Gasteiger partial charge is 0.294 e. The summed E-state index contributed by atoms with van der Waals surface area (Å²) in [6.45, 7) is 4.41. The monoisotopic (exact) mass is 420 g/mol. The van der Waals surface area contributed by atoms with Crippen LogP contribution in [-0.4, -0.2) is 26.0 Å². The van der Waals surface area contributed by atoms with E-state index >= 15 is 0 Å². The zero-order chi connectivity index (χ0) is 20.9. The number of benzene rings is 2. The molecule has 1 aromatic heterocycles. The number of nitrogens with zero attached hydrogens (tertiary/aromatic N) is 4. The number of Topliss-reactive ketones (excluding diaryl/α,β-unsaturated/α-hetero) is 1. The highest BCUT2D eigenvalue weighted by Gasteiger charge is 2.39. The van der Waals surface area contributed by atoms with Gasteiger partial charge in [-0.1, -0.05) is 37.6 Å². The lowest BCUT2D eigenvalue weighted by atomic mass is 9.80. The summed E-state index contributed by atoms with van der Waals surface area (Å²) < 4.78 is 1.79. The van der Waals surface area contributed by atoms with Gasteiger partial charge in [0.25, 0.3) is 0 Å². The molecule has 2 aliphatic carbocycles. The van der Waals surface area contributed by atoms with Crippen LogP contribution < -0.4 is 0 Å². The van der Waals surface area contributed by atoms with E-state index in [9.17, 15) is 4.79 Å². The van der Waals surface area contributed by atoms with E-state index in [1.165, 1.54) is 12.8 Å². The number of hydrogen-bond acceptors (Lipinski definition) is 4. The van der Waals surface area contributed by atoms with Crippen molar-refractivity contribution in [2.45, 2.75) is 51.9 Å². The first-order chi connectivity index (χ1) is 14.4. The maximum atomic E-state index is 13.3. The van der Waals surface area contributed by atoms with Gasteiger partial charge in [-0.05, 0) is 88.9 Å². The molecule has 5 nitrogen and oxygen atoms in total. The molecule has 0 unspecified atom stereocenters. The maximum Gasteiger partial charge on any atom is 0.163 e. The number of carbonyl (C=O) groups is 1. The Hall–Kier alpha value is -2.53. The van der Waals surface area contributed by atoms with Crippen molar-refractivity contribution in [3.05, 3.63) is 58.9 Å². The van der Waals surface area contributed by atoms with Gasteiger partial charge in [0, 0.05) is 22.9 Å². The van der Waals surface area contributed by atoms with Gasteiger partial charge in [0.1, 0.15) is 0 Å². The SMILES string of the molecule is CC(C)(CC(=O)c1cc(-c2ccc(Cl)cc2)cc(-n2nnnc2C2CC2)c1)C1CC1. The summed E-state index contributed by atoms with van der Waals surface area (Å²) in [5, 5.41) is 13.1. The normalized spacial score (nSPS) is 16.6. The zero-order valence-corrected chi connectivity index (χ0v) is 18.1. The third-order valence-corrected chi connectivity index (χ3v) is 6.65. The topological polar surface area (TPSA) is 60.7 Å². The van der Waals surface area contributed by atoms with Gasteiger partial charge in [-0.3, -0.25) is 4.79 Å². The molecule has 2 aliphatic rings. The highest BCUT2D eigenvalue weighted by atomic mass is 35.5. The summed E-state index contributed by atoms with van der Waals surface area (Å²) in [5.74, 6) is 2.11. The molecule has 5 rings (SSSR count). The van der Waals surface area contributed by atoms with Gasteiger partial charge < -0.3 is 0 Å². The minimum atomic E-state index is 0.0293. The molecule has 0 atom stereocenters. The summed E-state index contributed by atoms with van der Waals surface area (Å²) in [5.41, 5.74) is 3.55. The molecule has 0 N–H and O–H groups in total. The van der Waals surface area contributed by atoms with E-state index in [0.717, 1.165) is 35.5 Å². The quantitative estimate of drug-likeness (QED) is 0.448. The first kappa shape index (κ1) is 19.4. The molecule has 30 heavy (non-hydrogen) atoms. The number of hydrogen-bond donors (Lipinski definition) is 0. The van der Waals surface area contributed by atoms with Crippen LogP contribution in [0.1, 0.15) is 68.1 Å². The summed E-state index contributed by atoms with van der Waals surface area (Å²) in [7, 11) is 0. The Kier molecular flexibility index (Phi) is 4.73. The van der Waals surface area contributed by atoms with E-state index in [2.05, 4.69) is 29.4 Å². The van der Waals surface area contributed by atoms with E-state index in [0.29, 0.717) is 28.8 Å². The van der Waals surface area contributed by atoms with Crippen molar-refractivity contribution in [2.75, 3.05) is 0 Å². The molecular formula is C24H25ClN4O. The fraction of sp³-hybridized carbons (Fsp3) is 0.417. The lowest BCUT2D eigenvalue weighted by Gasteiger charge is -2.23. The van der Waals surface area contributed by atoms with Crippen molar-refractivity contribution in [2.24, 2.45) is 11.3 Å². The first-order valence-corrected chi connectivity index (χ1v) is 11.0. The van der Waals surface area contributed by atoms with Crippen molar-refractivity contribution < 1.29 is 4.79 Å². The second kappa shape index (κ2) is 7.31. The molecule has 0 bridgehead atoms. The van der Waals surface area contributed by atoms with Crippen molar-refractivity contribution >= 4 is 17.4 Å².